The SMILES string of the molecule is CN1CCN(Cc2ccc(C(=O)O)o2)C(=O)C1=O. The third-order valence-electron chi connectivity index (χ3n) is 2.74. The van der Waals surface area contributed by atoms with Gasteiger partial charge in [0.25, 0.3) is 0 Å². The molecular formula is C11H12N2O5. The highest BCUT2D eigenvalue weighted by atomic mass is 16.4. The molecule has 0 radical (unpaired) electrons. The van der Waals surface area contributed by atoms with Crippen molar-refractivity contribution in [3.05, 3.63) is 23.7 Å². The Bertz CT molecular complexity index is 507. The van der Waals surface area contributed by atoms with Gasteiger partial charge in [0.2, 0.25) is 5.76 Å². The van der Waals surface area contributed by atoms with Gasteiger partial charge in [-0.1, -0.05) is 0 Å². The van der Waals surface area contributed by atoms with Gasteiger partial charge in [-0.05, 0) is 12.1 Å². The van der Waals surface area contributed by atoms with E-state index in [2.05, 4.69) is 0 Å². The number of carboxylic acids is 1. The molecule has 1 aliphatic heterocycles. The number of aromatic carboxylic acids is 1. The van der Waals surface area contributed by atoms with Crippen molar-refractivity contribution in [2.45, 2.75) is 6.54 Å². The maximum Gasteiger partial charge on any atom is 0.371 e. The summed E-state index contributed by atoms with van der Waals surface area (Å²) in [7, 11) is 1.56. The van der Waals surface area contributed by atoms with Gasteiger partial charge in [0.15, 0.2) is 0 Å². The van der Waals surface area contributed by atoms with E-state index in [0.29, 0.717) is 18.8 Å². The second-order valence-corrected chi connectivity index (χ2v) is 4.02. The van der Waals surface area contributed by atoms with Crippen LogP contribution in [0.4, 0.5) is 0 Å². The van der Waals surface area contributed by atoms with Crippen molar-refractivity contribution in [1.82, 2.24) is 9.80 Å². The van der Waals surface area contributed by atoms with Gasteiger partial charge >= 0.3 is 17.8 Å². The van der Waals surface area contributed by atoms with Crippen LogP contribution in [0.25, 0.3) is 0 Å². The first-order chi connectivity index (χ1) is 8.49. The van der Waals surface area contributed by atoms with Crippen molar-refractivity contribution in [3.8, 4) is 0 Å². The number of piperazine rings is 1. The maximum atomic E-state index is 11.7. The minimum Gasteiger partial charge on any atom is -0.475 e. The van der Waals surface area contributed by atoms with Crippen LogP contribution in [0.3, 0.4) is 0 Å². The van der Waals surface area contributed by atoms with E-state index in [1.165, 1.54) is 21.9 Å². The summed E-state index contributed by atoms with van der Waals surface area (Å²) in [4.78, 5) is 36.4. The van der Waals surface area contributed by atoms with Crippen LogP contribution in [0.15, 0.2) is 16.5 Å². The number of furan rings is 1. The van der Waals surface area contributed by atoms with E-state index in [4.69, 9.17) is 9.52 Å². The van der Waals surface area contributed by atoms with Crippen LogP contribution < -0.4 is 0 Å². The Kier molecular flexibility index (Phi) is 3.05. The Morgan fingerprint density at radius 3 is 2.67 bits per heavy atom. The van der Waals surface area contributed by atoms with Crippen molar-refractivity contribution in [1.29, 1.82) is 0 Å². The largest absolute Gasteiger partial charge is 0.475 e. The van der Waals surface area contributed by atoms with Crippen LogP contribution >= 0.6 is 0 Å². The Morgan fingerprint density at radius 1 is 1.33 bits per heavy atom. The van der Waals surface area contributed by atoms with Gasteiger partial charge in [-0.3, -0.25) is 9.59 Å². The first-order valence-electron chi connectivity index (χ1n) is 5.35. The van der Waals surface area contributed by atoms with E-state index in [-0.39, 0.29) is 12.3 Å². The molecule has 18 heavy (non-hydrogen) atoms. The van der Waals surface area contributed by atoms with Crippen molar-refractivity contribution < 1.29 is 23.9 Å². The van der Waals surface area contributed by atoms with Crippen LogP contribution in [0.1, 0.15) is 16.3 Å². The number of nitrogens with zero attached hydrogens (tertiary/aromatic N) is 2. The van der Waals surface area contributed by atoms with Crippen molar-refractivity contribution >= 4 is 17.8 Å². The number of rotatable bonds is 3. The lowest BCUT2D eigenvalue weighted by atomic mass is 10.3. The first-order valence-corrected chi connectivity index (χ1v) is 5.35. The van der Waals surface area contributed by atoms with Crippen LogP contribution in [-0.4, -0.2) is 52.8 Å². The number of carbonyl (C=O) groups is 3. The quantitative estimate of drug-likeness (QED) is 0.751. The summed E-state index contributed by atoms with van der Waals surface area (Å²) in [5.41, 5.74) is 0. The summed E-state index contributed by atoms with van der Waals surface area (Å²) in [6.07, 6.45) is 0. The molecule has 0 bridgehead atoms. The molecule has 0 atom stereocenters. The summed E-state index contributed by atoms with van der Waals surface area (Å²) in [6, 6.07) is 2.81. The third-order valence-corrected chi connectivity index (χ3v) is 2.74. The van der Waals surface area contributed by atoms with Crippen LogP contribution in [0.5, 0.6) is 0 Å². The van der Waals surface area contributed by atoms with Gasteiger partial charge in [-0.2, -0.15) is 0 Å². The zero-order chi connectivity index (χ0) is 13.3. The molecule has 0 saturated carbocycles. The lowest BCUT2D eigenvalue weighted by Crippen LogP contribution is -2.52. The zero-order valence-electron chi connectivity index (χ0n) is 9.75. The second kappa shape index (κ2) is 4.52. The number of amides is 2. The van der Waals surface area contributed by atoms with Crippen LogP contribution in [-0.2, 0) is 16.1 Å². The van der Waals surface area contributed by atoms with E-state index in [0.717, 1.165) is 0 Å². The smallest absolute Gasteiger partial charge is 0.371 e. The molecule has 96 valence electrons. The normalized spacial score (nSPS) is 16.3. The van der Waals surface area contributed by atoms with E-state index in [9.17, 15) is 14.4 Å². The molecule has 2 heterocycles. The first kappa shape index (κ1) is 12.2. The highest BCUT2D eigenvalue weighted by Gasteiger charge is 2.30. The lowest BCUT2D eigenvalue weighted by molar-refractivity contribution is -0.155. The summed E-state index contributed by atoms with van der Waals surface area (Å²) in [5.74, 6) is -2.17. The average molecular weight is 252 g/mol. The van der Waals surface area contributed by atoms with Crippen LogP contribution in [0.2, 0.25) is 0 Å². The van der Waals surface area contributed by atoms with Gasteiger partial charge in [-0.25, -0.2) is 4.79 Å². The number of hydrogen-bond donors (Lipinski definition) is 1. The van der Waals surface area contributed by atoms with Crippen molar-refractivity contribution in [2.24, 2.45) is 0 Å². The lowest BCUT2D eigenvalue weighted by Gasteiger charge is -2.30. The molecule has 1 saturated heterocycles. The summed E-state index contributed by atoms with van der Waals surface area (Å²) >= 11 is 0. The maximum absolute atomic E-state index is 11.7. The molecular weight excluding hydrogens is 240 g/mol. The van der Waals surface area contributed by atoms with Gasteiger partial charge in [0, 0.05) is 20.1 Å². The van der Waals surface area contributed by atoms with E-state index >= 15 is 0 Å². The predicted octanol–water partition coefficient (Wildman–Crippen LogP) is -0.222. The highest BCUT2D eigenvalue weighted by molar-refractivity contribution is 6.35. The topological polar surface area (TPSA) is 91.1 Å². The average Bonchev–Trinajstić information content (AvgIpc) is 2.79. The molecule has 1 fully saturated rings. The Morgan fingerprint density at radius 2 is 2.06 bits per heavy atom. The Labute approximate surface area is 103 Å². The number of likely N-dealkylation sites (N-methyl/N-ethyl adjacent to an activating group) is 1. The predicted molar refractivity (Wildman–Crippen MR) is 58.7 cm³/mol. The fourth-order valence-corrected chi connectivity index (χ4v) is 1.69. The van der Waals surface area contributed by atoms with Gasteiger partial charge in [0.05, 0.1) is 6.54 Å². The molecule has 0 aliphatic carbocycles. The number of carboxylic acid groups (broad SMARTS) is 1. The molecule has 7 heteroatoms. The fourth-order valence-electron chi connectivity index (χ4n) is 1.69. The molecule has 1 N–H and O–H groups in total. The van der Waals surface area contributed by atoms with Gasteiger partial charge in [-0.15, -0.1) is 0 Å². The fraction of sp³-hybridized carbons (Fsp3) is 0.364. The van der Waals surface area contributed by atoms with Gasteiger partial charge < -0.3 is 19.3 Å². The number of hydrogen-bond acceptors (Lipinski definition) is 4. The minimum atomic E-state index is -1.16. The van der Waals surface area contributed by atoms with Crippen molar-refractivity contribution in [3.63, 3.8) is 0 Å². The molecule has 1 aromatic heterocycles. The molecule has 7 nitrogen and oxygen atoms in total. The van der Waals surface area contributed by atoms with Crippen molar-refractivity contribution in [2.75, 3.05) is 20.1 Å². The molecule has 2 amide bonds. The third kappa shape index (κ3) is 2.20. The molecule has 0 spiro atoms. The van der Waals surface area contributed by atoms with E-state index in [1.54, 1.807) is 7.05 Å². The Balaban J connectivity index is 2.07. The summed E-state index contributed by atoms with van der Waals surface area (Å²) in [5, 5.41) is 8.70. The molecule has 1 aromatic rings. The number of carbonyl (C=O) groups excluding carboxylic acids is 2. The molecule has 1 aliphatic rings. The zero-order valence-corrected chi connectivity index (χ0v) is 9.75. The van der Waals surface area contributed by atoms with Gasteiger partial charge in [0.1, 0.15) is 5.76 Å². The minimum absolute atomic E-state index is 0.103. The summed E-state index contributed by atoms with van der Waals surface area (Å²) in [6.45, 7) is 0.965. The monoisotopic (exact) mass is 252 g/mol. The molecule has 2 rings (SSSR count). The second-order valence-electron chi connectivity index (χ2n) is 4.02. The molecule has 0 unspecified atom stereocenters. The Hall–Kier alpha value is -2.31. The highest BCUT2D eigenvalue weighted by Crippen LogP contribution is 2.13. The molecule has 0 aromatic carbocycles. The van der Waals surface area contributed by atoms with E-state index < -0.39 is 17.8 Å². The van der Waals surface area contributed by atoms with Crippen LogP contribution in [0, 0.1) is 0 Å². The summed E-state index contributed by atoms with van der Waals surface area (Å²) < 4.78 is 5.04. The standard InChI is InChI=1S/C11H12N2O5/c1-12-4-5-13(10(15)9(12)14)6-7-2-3-8(18-7)11(16)17/h2-3H,4-6H2,1H3,(H,16,17). The van der Waals surface area contributed by atoms with E-state index in [1.807, 2.05) is 0 Å².